The molecule has 0 aromatic heterocycles. The van der Waals surface area contributed by atoms with Gasteiger partial charge in [-0.1, -0.05) is 0 Å². The lowest BCUT2D eigenvalue weighted by atomic mass is 10.2. The van der Waals surface area contributed by atoms with Crippen LogP contribution in [-0.2, 0) is 9.53 Å². The number of hydrogen-bond donors (Lipinski definition) is 1. The summed E-state index contributed by atoms with van der Waals surface area (Å²) in [6.07, 6.45) is 0.116. The van der Waals surface area contributed by atoms with Crippen molar-refractivity contribution >= 4 is 28.1 Å². The molecule has 0 radical (unpaired) electrons. The zero-order valence-corrected chi connectivity index (χ0v) is 12.4. The molecule has 0 bridgehead atoms. The molecule has 104 valence electrons. The van der Waals surface area contributed by atoms with Gasteiger partial charge in [-0.15, -0.1) is 0 Å². The molecule has 1 aromatic carbocycles. The van der Waals surface area contributed by atoms with Gasteiger partial charge < -0.3 is 14.8 Å². The third-order valence-corrected chi connectivity index (χ3v) is 2.99. The van der Waals surface area contributed by atoms with Crippen LogP contribution in [0.15, 0.2) is 22.7 Å². The molecule has 1 aromatic rings. The predicted molar refractivity (Wildman–Crippen MR) is 74.5 cm³/mol. The van der Waals surface area contributed by atoms with Crippen molar-refractivity contribution in [3.05, 3.63) is 28.2 Å². The Morgan fingerprint density at radius 2 is 2.26 bits per heavy atom. The van der Waals surface area contributed by atoms with E-state index in [1.54, 1.807) is 32.2 Å². The summed E-state index contributed by atoms with van der Waals surface area (Å²) in [7, 11) is 1.57. The molecular formula is C13H16BrNO4. The molecular weight excluding hydrogens is 314 g/mol. The molecule has 5 nitrogen and oxygen atoms in total. The first kappa shape index (κ1) is 15.7. The molecule has 0 fully saturated rings. The molecule has 1 amide bonds. The molecule has 0 saturated heterocycles. The summed E-state index contributed by atoms with van der Waals surface area (Å²) >= 11 is 3.29. The molecule has 0 aliphatic carbocycles. The number of ether oxygens (including phenoxy) is 2. The summed E-state index contributed by atoms with van der Waals surface area (Å²) in [6.45, 7) is 2.55. The zero-order valence-electron chi connectivity index (χ0n) is 10.8. The number of hydrogen-bond acceptors (Lipinski definition) is 4. The molecule has 0 heterocycles. The van der Waals surface area contributed by atoms with Crippen molar-refractivity contribution in [2.24, 2.45) is 0 Å². The lowest BCUT2D eigenvalue weighted by molar-refractivity contribution is -0.127. The maximum Gasteiger partial charge on any atom is 0.260 e. The van der Waals surface area contributed by atoms with Gasteiger partial charge in [-0.3, -0.25) is 9.59 Å². The van der Waals surface area contributed by atoms with Gasteiger partial charge >= 0.3 is 0 Å². The van der Waals surface area contributed by atoms with E-state index in [4.69, 9.17) is 9.47 Å². The number of methoxy groups -OCH3 is 1. The fourth-order valence-corrected chi connectivity index (χ4v) is 1.84. The molecule has 0 saturated carbocycles. The van der Waals surface area contributed by atoms with Gasteiger partial charge in [-0.25, -0.2) is 0 Å². The fraction of sp³-hybridized carbons (Fsp3) is 0.385. The minimum Gasteiger partial charge on any atom is -0.480 e. The van der Waals surface area contributed by atoms with Crippen molar-refractivity contribution in [1.29, 1.82) is 0 Å². The number of amides is 1. The second-order valence-electron chi connectivity index (χ2n) is 3.85. The quantitative estimate of drug-likeness (QED) is 0.612. The maximum absolute atomic E-state index is 11.7. The first-order valence-corrected chi connectivity index (χ1v) is 6.55. The Kier molecular flexibility index (Phi) is 6.52. The molecule has 1 rings (SSSR count). The second kappa shape index (κ2) is 7.91. The second-order valence-corrected chi connectivity index (χ2v) is 4.71. The number of benzene rings is 1. The van der Waals surface area contributed by atoms with Crippen molar-refractivity contribution in [3.63, 3.8) is 0 Å². The monoisotopic (exact) mass is 329 g/mol. The van der Waals surface area contributed by atoms with Crippen LogP contribution < -0.4 is 10.1 Å². The van der Waals surface area contributed by atoms with Crippen LogP contribution in [-0.4, -0.2) is 38.6 Å². The van der Waals surface area contributed by atoms with E-state index in [2.05, 4.69) is 21.2 Å². The summed E-state index contributed by atoms with van der Waals surface area (Å²) in [5.74, 6) is 0.295. The van der Waals surface area contributed by atoms with Crippen molar-refractivity contribution < 1.29 is 19.1 Å². The van der Waals surface area contributed by atoms with E-state index in [1.165, 1.54) is 0 Å². The molecule has 1 N–H and O–H groups in total. The van der Waals surface area contributed by atoms with Crippen LogP contribution in [0, 0.1) is 0 Å². The van der Waals surface area contributed by atoms with Crippen LogP contribution >= 0.6 is 15.9 Å². The van der Waals surface area contributed by atoms with E-state index >= 15 is 0 Å². The summed E-state index contributed by atoms with van der Waals surface area (Å²) in [5, 5.41) is 2.69. The van der Waals surface area contributed by atoms with Crippen LogP contribution in [0.1, 0.15) is 17.3 Å². The van der Waals surface area contributed by atoms with E-state index < -0.39 is 6.10 Å². The van der Waals surface area contributed by atoms with Gasteiger partial charge in [0.15, 0.2) is 6.10 Å². The highest BCUT2D eigenvalue weighted by Gasteiger charge is 2.15. The average molecular weight is 330 g/mol. The van der Waals surface area contributed by atoms with Gasteiger partial charge in [0.1, 0.15) is 12.0 Å². The number of halogens is 1. The standard InChI is InChI=1S/C13H16BrNO4/c1-9(13(17)15-5-6-18-2)19-12-4-3-10(8-16)7-11(12)14/h3-4,7-9H,5-6H2,1-2H3,(H,15,17). The summed E-state index contributed by atoms with van der Waals surface area (Å²) in [4.78, 5) is 22.3. The smallest absolute Gasteiger partial charge is 0.260 e. The maximum atomic E-state index is 11.7. The highest BCUT2D eigenvalue weighted by atomic mass is 79.9. The van der Waals surface area contributed by atoms with E-state index in [1.807, 2.05) is 0 Å². The van der Waals surface area contributed by atoms with Gasteiger partial charge in [0.25, 0.3) is 5.91 Å². The number of rotatable bonds is 7. The molecule has 1 unspecified atom stereocenters. The van der Waals surface area contributed by atoms with Crippen molar-refractivity contribution in [2.75, 3.05) is 20.3 Å². The van der Waals surface area contributed by atoms with Crippen molar-refractivity contribution in [2.45, 2.75) is 13.0 Å². The normalized spacial score (nSPS) is 11.7. The Morgan fingerprint density at radius 1 is 1.53 bits per heavy atom. The summed E-state index contributed by atoms with van der Waals surface area (Å²) in [5.41, 5.74) is 0.538. The number of carbonyl (C=O) groups is 2. The Bertz CT molecular complexity index is 450. The number of aldehydes is 1. The Hall–Kier alpha value is -1.40. The highest BCUT2D eigenvalue weighted by molar-refractivity contribution is 9.10. The number of nitrogens with one attached hydrogen (secondary N) is 1. The average Bonchev–Trinajstić information content (AvgIpc) is 2.41. The number of carbonyl (C=O) groups excluding carboxylic acids is 2. The summed E-state index contributed by atoms with van der Waals surface area (Å²) < 4.78 is 11.0. The van der Waals surface area contributed by atoms with Gasteiger partial charge in [-0.05, 0) is 41.1 Å². The Morgan fingerprint density at radius 3 is 2.84 bits per heavy atom. The molecule has 0 aliphatic rings. The van der Waals surface area contributed by atoms with Crippen molar-refractivity contribution in [1.82, 2.24) is 5.32 Å². The van der Waals surface area contributed by atoms with Crippen LogP contribution in [0.25, 0.3) is 0 Å². The topological polar surface area (TPSA) is 64.6 Å². The predicted octanol–water partition coefficient (Wildman–Crippen LogP) is 1.79. The Labute approximate surface area is 120 Å². The van der Waals surface area contributed by atoms with Gasteiger partial charge in [0.05, 0.1) is 11.1 Å². The molecule has 0 aliphatic heterocycles. The lowest BCUT2D eigenvalue weighted by Gasteiger charge is -2.15. The first-order chi connectivity index (χ1) is 9.08. The van der Waals surface area contributed by atoms with Gasteiger partial charge in [0, 0.05) is 19.2 Å². The minimum absolute atomic E-state index is 0.219. The molecule has 0 spiro atoms. The molecule has 6 heteroatoms. The minimum atomic E-state index is -0.629. The van der Waals surface area contributed by atoms with Gasteiger partial charge in [-0.2, -0.15) is 0 Å². The third kappa shape index (κ3) is 5.00. The van der Waals surface area contributed by atoms with E-state index in [0.717, 1.165) is 6.29 Å². The first-order valence-electron chi connectivity index (χ1n) is 5.76. The van der Waals surface area contributed by atoms with E-state index in [0.29, 0.717) is 28.9 Å². The van der Waals surface area contributed by atoms with Crippen LogP contribution in [0.5, 0.6) is 5.75 Å². The molecule has 19 heavy (non-hydrogen) atoms. The molecule has 1 atom stereocenters. The zero-order chi connectivity index (χ0) is 14.3. The van der Waals surface area contributed by atoms with E-state index in [9.17, 15) is 9.59 Å². The largest absolute Gasteiger partial charge is 0.480 e. The van der Waals surface area contributed by atoms with Crippen LogP contribution in [0.4, 0.5) is 0 Å². The fourth-order valence-electron chi connectivity index (χ4n) is 1.35. The Balaban J connectivity index is 2.58. The van der Waals surface area contributed by atoms with Gasteiger partial charge in [0.2, 0.25) is 0 Å². The third-order valence-electron chi connectivity index (χ3n) is 2.37. The highest BCUT2D eigenvalue weighted by Crippen LogP contribution is 2.26. The van der Waals surface area contributed by atoms with Crippen LogP contribution in [0.2, 0.25) is 0 Å². The summed E-state index contributed by atoms with van der Waals surface area (Å²) in [6, 6.07) is 4.91. The van der Waals surface area contributed by atoms with Crippen molar-refractivity contribution in [3.8, 4) is 5.75 Å². The lowest BCUT2D eigenvalue weighted by Crippen LogP contribution is -2.38. The van der Waals surface area contributed by atoms with Crippen LogP contribution in [0.3, 0.4) is 0 Å². The van der Waals surface area contributed by atoms with E-state index in [-0.39, 0.29) is 5.91 Å². The SMILES string of the molecule is COCCNC(=O)C(C)Oc1ccc(C=O)cc1Br.